The van der Waals surface area contributed by atoms with Crippen LogP contribution in [0.4, 0.5) is 0 Å². The van der Waals surface area contributed by atoms with Crippen LogP contribution in [0.1, 0.15) is 30.6 Å². The van der Waals surface area contributed by atoms with Gasteiger partial charge in [-0.1, -0.05) is 24.6 Å². The molecule has 2 atom stereocenters. The van der Waals surface area contributed by atoms with Gasteiger partial charge in [0.25, 0.3) is 0 Å². The molecule has 2 aromatic heterocycles. The average molecular weight is 280 g/mol. The maximum Gasteiger partial charge on any atom is 0.128 e. The molecule has 5 heteroatoms. The van der Waals surface area contributed by atoms with Crippen molar-refractivity contribution in [3.05, 3.63) is 17.3 Å². The fourth-order valence-electron chi connectivity index (χ4n) is 2.41. The summed E-state index contributed by atoms with van der Waals surface area (Å²) in [5, 5.41) is 12.5. The van der Waals surface area contributed by atoms with Gasteiger partial charge in [-0.2, -0.15) is 0 Å². The van der Waals surface area contributed by atoms with Crippen LogP contribution in [-0.2, 0) is 0 Å². The van der Waals surface area contributed by atoms with Gasteiger partial charge in [-0.15, -0.1) is 11.3 Å². The van der Waals surface area contributed by atoms with Crippen LogP contribution >= 0.6 is 23.1 Å². The first kappa shape index (κ1) is 12.4. The first-order valence-electron chi connectivity index (χ1n) is 6.30. The standard InChI is InChI=1S/C13H16N2OS2/c1-8-6-9-12(17-8)14-7-15-13(9)18-11-5-3-2-4-10(11)16/h6-7,10-11,16H,2-5H2,1H3. The first-order valence-corrected chi connectivity index (χ1v) is 7.99. The third-order valence-corrected chi connectivity index (χ3v) is 5.71. The molecule has 0 aliphatic heterocycles. The van der Waals surface area contributed by atoms with Gasteiger partial charge in [-0.3, -0.25) is 0 Å². The fraction of sp³-hybridized carbons (Fsp3) is 0.538. The van der Waals surface area contributed by atoms with Crippen molar-refractivity contribution >= 4 is 33.3 Å². The van der Waals surface area contributed by atoms with Crippen LogP contribution in [0.25, 0.3) is 10.2 Å². The molecule has 0 amide bonds. The SMILES string of the molecule is Cc1cc2c(SC3CCCCC3O)ncnc2s1. The molecule has 0 aromatic carbocycles. The van der Waals surface area contributed by atoms with Crippen molar-refractivity contribution in [3.8, 4) is 0 Å². The minimum absolute atomic E-state index is 0.187. The minimum Gasteiger partial charge on any atom is -0.392 e. The molecular weight excluding hydrogens is 264 g/mol. The van der Waals surface area contributed by atoms with E-state index in [0.717, 1.165) is 34.5 Å². The smallest absolute Gasteiger partial charge is 0.128 e. The molecule has 3 nitrogen and oxygen atoms in total. The van der Waals surface area contributed by atoms with Gasteiger partial charge in [-0.25, -0.2) is 9.97 Å². The van der Waals surface area contributed by atoms with Crippen molar-refractivity contribution in [3.63, 3.8) is 0 Å². The van der Waals surface area contributed by atoms with Crippen molar-refractivity contribution in [2.45, 2.75) is 49.0 Å². The number of thiophene rings is 1. The molecule has 0 spiro atoms. The maximum absolute atomic E-state index is 10.0. The van der Waals surface area contributed by atoms with E-state index in [1.54, 1.807) is 29.4 Å². The minimum atomic E-state index is -0.187. The number of hydrogen-bond donors (Lipinski definition) is 1. The number of aromatic nitrogens is 2. The fourth-order valence-corrected chi connectivity index (χ4v) is 4.57. The maximum atomic E-state index is 10.0. The zero-order valence-corrected chi connectivity index (χ0v) is 11.9. The van der Waals surface area contributed by atoms with Gasteiger partial charge in [0.05, 0.1) is 6.10 Å². The van der Waals surface area contributed by atoms with Gasteiger partial charge in [0, 0.05) is 15.5 Å². The topological polar surface area (TPSA) is 46.0 Å². The second kappa shape index (κ2) is 5.15. The summed E-state index contributed by atoms with van der Waals surface area (Å²) in [4.78, 5) is 11.0. The van der Waals surface area contributed by atoms with Gasteiger partial charge >= 0.3 is 0 Å². The predicted octanol–water partition coefficient (Wildman–Crippen LogP) is 3.40. The van der Waals surface area contributed by atoms with Crippen LogP contribution in [0.5, 0.6) is 0 Å². The molecule has 2 aromatic rings. The lowest BCUT2D eigenvalue weighted by molar-refractivity contribution is 0.137. The summed E-state index contributed by atoms with van der Waals surface area (Å²) in [6.07, 6.45) is 5.82. The van der Waals surface area contributed by atoms with E-state index in [-0.39, 0.29) is 11.4 Å². The van der Waals surface area contributed by atoms with Crippen LogP contribution in [0.15, 0.2) is 17.4 Å². The van der Waals surface area contributed by atoms with Crippen molar-refractivity contribution in [1.82, 2.24) is 9.97 Å². The summed E-state index contributed by atoms with van der Waals surface area (Å²) in [6.45, 7) is 2.09. The number of rotatable bonds is 2. The predicted molar refractivity (Wildman–Crippen MR) is 76.3 cm³/mol. The van der Waals surface area contributed by atoms with E-state index in [4.69, 9.17) is 0 Å². The van der Waals surface area contributed by atoms with Gasteiger partial charge in [0.2, 0.25) is 0 Å². The highest BCUT2D eigenvalue weighted by Crippen LogP contribution is 2.37. The third kappa shape index (κ3) is 2.39. The summed E-state index contributed by atoms with van der Waals surface area (Å²) in [6, 6.07) is 2.15. The normalized spacial score (nSPS) is 24.6. The lowest BCUT2D eigenvalue weighted by atomic mass is 9.97. The van der Waals surface area contributed by atoms with Crippen LogP contribution in [0, 0.1) is 6.92 Å². The van der Waals surface area contributed by atoms with Gasteiger partial charge in [0.1, 0.15) is 16.2 Å². The Hall–Kier alpha value is -0.650. The summed E-state index contributed by atoms with van der Waals surface area (Å²) in [5.74, 6) is 0. The number of aliphatic hydroxyl groups is 1. The molecule has 2 heterocycles. The van der Waals surface area contributed by atoms with E-state index in [9.17, 15) is 5.11 Å². The summed E-state index contributed by atoms with van der Waals surface area (Å²) in [7, 11) is 0. The Morgan fingerprint density at radius 2 is 2.17 bits per heavy atom. The average Bonchev–Trinajstić information content (AvgIpc) is 2.73. The van der Waals surface area contributed by atoms with Crippen LogP contribution in [-0.4, -0.2) is 26.4 Å². The van der Waals surface area contributed by atoms with E-state index >= 15 is 0 Å². The van der Waals surface area contributed by atoms with E-state index in [2.05, 4.69) is 23.0 Å². The molecule has 3 rings (SSSR count). The number of aryl methyl sites for hydroxylation is 1. The second-order valence-corrected chi connectivity index (χ2v) is 7.23. The number of fused-ring (bicyclic) bond motifs is 1. The Balaban J connectivity index is 1.89. The van der Waals surface area contributed by atoms with Crippen LogP contribution in [0.2, 0.25) is 0 Å². The molecule has 2 unspecified atom stereocenters. The molecule has 1 aliphatic rings. The molecule has 1 fully saturated rings. The zero-order chi connectivity index (χ0) is 12.5. The van der Waals surface area contributed by atoms with E-state index in [0.29, 0.717) is 0 Å². The first-order chi connectivity index (χ1) is 8.74. The van der Waals surface area contributed by atoms with Crippen molar-refractivity contribution in [2.75, 3.05) is 0 Å². The molecule has 96 valence electrons. The molecular formula is C13H16N2OS2. The second-order valence-electron chi connectivity index (χ2n) is 4.76. The lowest BCUT2D eigenvalue weighted by Gasteiger charge is -2.26. The quantitative estimate of drug-likeness (QED) is 0.856. The van der Waals surface area contributed by atoms with E-state index in [1.165, 1.54) is 11.3 Å². The molecule has 1 aliphatic carbocycles. The van der Waals surface area contributed by atoms with E-state index in [1.807, 2.05) is 0 Å². The molecule has 0 saturated heterocycles. The number of nitrogens with zero attached hydrogens (tertiary/aromatic N) is 2. The van der Waals surface area contributed by atoms with Crippen molar-refractivity contribution in [2.24, 2.45) is 0 Å². The number of hydrogen-bond acceptors (Lipinski definition) is 5. The van der Waals surface area contributed by atoms with Crippen LogP contribution < -0.4 is 0 Å². The summed E-state index contributed by atoms with van der Waals surface area (Å²) < 4.78 is 0. The molecule has 18 heavy (non-hydrogen) atoms. The largest absolute Gasteiger partial charge is 0.392 e. The van der Waals surface area contributed by atoms with E-state index < -0.39 is 0 Å². The highest BCUT2D eigenvalue weighted by molar-refractivity contribution is 8.00. The highest BCUT2D eigenvalue weighted by atomic mass is 32.2. The Labute approximate surface area is 115 Å². The Bertz CT molecular complexity index is 555. The molecule has 0 bridgehead atoms. The number of thioether (sulfide) groups is 1. The zero-order valence-electron chi connectivity index (χ0n) is 10.3. The Morgan fingerprint density at radius 1 is 1.33 bits per heavy atom. The monoisotopic (exact) mass is 280 g/mol. The van der Waals surface area contributed by atoms with Gasteiger partial charge in [-0.05, 0) is 25.8 Å². The van der Waals surface area contributed by atoms with Crippen molar-refractivity contribution < 1.29 is 5.11 Å². The summed E-state index contributed by atoms with van der Waals surface area (Å²) >= 11 is 3.42. The van der Waals surface area contributed by atoms with Crippen LogP contribution in [0.3, 0.4) is 0 Å². The lowest BCUT2D eigenvalue weighted by Crippen LogP contribution is -2.26. The molecule has 1 N–H and O–H groups in total. The molecule has 0 radical (unpaired) electrons. The Kier molecular flexibility index (Phi) is 3.54. The summed E-state index contributed by atoms with van der Waals surface area (Å²) in [5.41, 5.74) is 0. The highest BCUT2D eigenvalue weighted by Gasteiger charge is 2.25. The van der Waals surface area contributed by atoms with Gasteiger partial charge < -0.3 is 5.11 Å². The number of aliphatic hydroxyl groups excluding tert-OH is 1. The van der Waals surface area contributed by atoms with Gasteiger partial charge in [0.15, 0.2) is 0 Å². The molecule has 1 saturated carbocycles. The van der Waals surface area contributed by atoms with Crippen molar-refractivity contribution in [1.29, 1.82) is 0 Å². The third-order valence-electron chi connectivity index (χ3n) is 3.35. The Morgan fingerprint density at radius 3 is 3.00 bits per heavy atom.